The molecule has 0 aromatic carbocycles. The molecule has 1 heterocycles. The van der Waals surface area contributed by atoms with Crippen LogP contribution in [0.3, 0.4) is 0 Å². The van der Waals surface area contributed by atoms with Crippen LogP contribution in [0.4, 0.5) is 0 Å². The third kappa shape index (κ3) is 2.21. The molecule has 2 nitrogen and oxygen atoms in total. The second-order valence-electron chi connectivity index (χ2n) is 6.97. The van der Waals surface area contributed by atoms with E-state index < -0.39 is 0 Å². The van der Waals surface area contributed by atoms with Gasteiger partial charge in [0.1, 0.15) is 0 Å². The fourth-order valence-electron chi connectivity index (χ4n) is 5.12. The molecule has 4 aliphatic carbocycles. The van der Waals surface area contributed by atoms with Crippen LogP contribution in [0.15, 0.2) is 16.3 Å². The Kier molecular flexibility index (Phi) is 3.15. The van der Waals surface area contributed by atoms with Crippen molar-refractivity contribution >= 4 is 29.0 Å². The normalized spacial score (nSPS) is 38.1. The molecular weight excluding hydrogens is 286 g/mol. The molecule has 20 heavy (non-hydrogen) atoms. The molecule has 1 amide bonds. The van der Waals surface area contributed by atoms with Gasteiger partial charge < -0.3 is 5.32 Å². The van der Waals surface area contributed by atoms with E-state index >= 15 is 0 Å². The summed E-state index contributed by atoms with van der Waals surface area (Å²) in [6.07, 6.45) is 10.0. The average molecular weight is 307 g/mol. The number of amides is 1. The van der Waals surface area contributed by atoms with Gasteiger partial charge in [-0.25, -0.2) is 0 Å². The first-order valence-electron chi connectivity index (χ1n) is 7.62. The lowest BCUT2D eigenvalue weighted by Gasteiger charge is -2.56. The van der Waals surface area contributed by atoms with Crippen molar-refractivity contribution in [1.29, 1.82) is 0 Å². The van der Waals surface area contributed by atoms with Crippen LogP contribution in [-0.2, 0) is 0 Å². The molecule has 4 bridgehead atoms. The third-order valence-corrected chi connectivity index (χ3v) is 7.59. The summed E-state index contributed by atoms with van der Waals surface area (Å²) in [4.78, 5) is 13.4. The topological polar surface area (TPSA) is 29.1 Å². The summed E-state index contributed by atoms with van der Waals surface area (Å²) in [6.45, 7) is 0. The van der Waals surface area contributed by atoms with Gasteiger partial charge in [0.25, 0.3) is 5.91 Å². The second kappa shape index (κ2) is 4.77. The van der Waals surface area contributed by atoms with Crippen LogP contribution < -0.4 is 5.32 Å². The quantitative estimate of drug-likeness (QED) is 0.849. The van der Waals surface area contributed by atoms with Gasteiger partial charge in [0.05, 0.1) is 9.09 Å². The van der Waals surface area contributed by atoms with E-state index in [2.05, 4.69) is 17.6 Å². The molecule has 0 aliphatic heterocycles. The van der Waals surface area contributed by atoms with Gasteiger partial charge in [-0.2, -0.15) is 0 Å². The van der Waals surface area contributed by atoms with Gasteiger partial charge in [-0.1, -0.05) is 0 Å². The van der Waals surface area contributed by atoms with E-state index in [1.807, 2.05) is 6.07 Å². The van der Waals surface area contributed by atoms with E-state index in [0.717, 1.165) is 22.6 Å². The van der Waals surface area contributed by atoms with Crippen molar-refractivity contribution in [2.75, 3.05) is 6.26 Å². The van der Waals surface area contributed by atoms with Crippen LogP contribution in [0, 0.1) is 17.8 Å². The van der Waals surface area contributed by atoms with E-state index in [4.69, 9.17) is 0 Å². The average Bonchev–Trinajstić information content (AvgIpc) is 2.85. The number of nitrogens with one attached hydrogen (secondary N) is 1. The molecule has 4 fully saturated rings. The molecule has 1 N–H and O–H groups in total. The molecule has 1 aromatic heterocycles. The Morgan fingerprint density at radius 3 is 2.30 bits per heavy atom. The predicted octanol–water partition coefficient (Wildman–Crippen LogP) is 4.17. The first-order chi connectivity index (χ1) is 9.66. The van der Waals surface area contributed by atoms with Gasteiger partial charge in [0.15, 0.2) is 0 Å². The SMILES string of the molecule is CSc1ccc(C(=O)NC23CC4CC(CC(C4)C2)C3)s1. The van der Waals surface area contributed by atoms with Crippen LogP contribution in [0.25, 0.3) is 0 Å². The van der Waals surface area contributed by atoms with Crippen molar-refractivity contribution in [1.82, 2.24) is 5.32 Å². The summed E-state index contributed by atoms with van der Waals surface area (Å²) < 4.78 is 1.22. The second-order valence-corrected chi connectivity index (χ2v) is 9.17. The van der Waals surface area contributed by atoms with Gasteiger partial charge in [-0.05, 0) is 74.7 Å². The van der Waals surface area contributed by atoms with Crippen LogP contribution in [0.1, 0.15) is 48.2 Å². The summed E-state index contributed by atoms with van der Waals surface area (Å²) in [5, 5.41) is 3.44. The maximum atomic E-state index is 12.5. The molecule has 0 unspecified atom stereocenters. The van der Waals surface area contributed by atoms with E-state index in [0.29, 0.717) is 0 Å². The molecule has 0 saturated heterocycles. The van der Waals surface area contributed by atoms with Crippen LogP contribution in [0.2, 0.25) is 0 Å². The minimum Gasteiger partial charge on any atom is -0.346 e. The standard InChI is InChI=1S/C16H21NOS2/c1-19-14-3-2-13(20-14)15(18)17-16-7-10-4-11(8-16)6-12(5-10)9-16/h2-3,10-12H,4-9H2,1H3,(H,17,18). The highest BCUT2D eigenvalue weighted by Crippen LogP contribution is 2.55. The van der Waals surface area contributed by atoms with Crippen LogP contribution in [0.5, 0.6) is 0 Å². The van der Waals surface area contributed by atoms with Crippen molar-refractivity contribution < 1.29 is 4.79 Å². The lowest BCUT2D eigenvalue weighted by Crippen LogP contribution is -2.59. The van der Waals surface area contributed by atoms with E-state index in [1.165, 1.54) is 42.7 Å². The summed E-state index contributed by atoms with van der Waals surface area (Å²) in [7, 11) is 0. The largest absolute Gasteiger partial charge is 0.346 e. The number of hydrogen-bond donors (Lipinski definition) is 1. The van der Waals surface area contributed by atoms with E-state index in [1.54, 1.807) is 23.1 Å². The summed E-state index contributed by atoms with van der Waals surface area (Å²) in [6, 6.07) is 4.04. The first kappa shape index (κ1) is 13.2. The predicted molar refractivity (Wildman–Crippen MR) is 84.5 cm³/mol. The summed E-state index contributed by atoms with van der Waals surface area (Å²) in [5.74, 6) is 2.81. The van der Waals surface area contributed by atoms with Crippen molar-refractivity contribution in [3.63, 3.8) is 0 Å². The number of hydrogen-bond acceptors (Lipinski definition) is 3. The fraction of sp³-hybridized carbons (Fsp3) is 0.688. The number of carbonyl (C=O) groups excluding carboxylic acids is 1. The van der Waals surface area contributed by atoms with Gasteiger partial charge in [0, 0.05) is 5.54 Å². The highest BCUT2D eigenvalue weighted by atomic mass is 32.2. The smallest absolute Gasteiger partial charge is 0.261 e. The van der Waals surface area contributed by atoms with Crippen molar-refractivity contribution in [2.24, 2.45) is 17.8 Å². The number of thioether (sulfide) groups is 1. The van der Waals surface area contributed by atoms with Crippen molar-refractivity contribution in [2.45, 2.75) is 48.3 Å². The monoisotopic (exact) mass is 307 g/mol. The Morgan fingerprint density at radius 1 is 1.20 bits per heavy atom. The number of thiophene rings is 1. The zero-order valence-corrected chi connectivity index (χ0v) is 13.5. The van der Waals surface area contributed by atoms with Crippen LogP contribution >= 0.6 is 23.1 Å². The molecule has 4 heteroatoms. The first-order valence-corrected chi connectivity index (χ1v) is 9.66. The van der Waals surface area contributed by atoms with Crippen molar-refractivity contribution in [3.8, 4) is 0 Å². The molecule has 0 radical (unpaired) electrons. The molecule has 1 aromatic rings. The third-order valence-electron chi connectivity index (χ3n) is 5.42. The fourth-order valence-corrected chi connectivity index (χ4v) is 6.56. The maximum absolute atomic E-state index is 12.5. The van der Waals surface area contributed by atoms with Gasteiger partial charge in [0.2, 0.25) is 0 Å². The molecule has 4 saturated carbocycles. The molecule has 108 valence electrons. The molecule has 0 spiro atoms. The number of rotatable bonds is 3. The van der Waals surface area contributed by atoms with E-state index in [-0.39, 0.29) is 11.4 Å². The Morgan fingerprint density at radius 2 is 1.80 bits per heavy atom. The molecule has 0 atom stereocenters. The van der Waals surface area contributed by atoms with Gasteiger partial charge in [-0.3, -0.25) is 4.79 Å². The summed E-state index contributed by atoms with van der Waals surface area (Å²) in [5.41, 5.74) is 0.134. The summed E-state index contributed by atoms with van der Waals surface area (Å²) >= 11 is 3.34. The Hall–Kier alpha value is -0.480. The molecule has 4 aliphatic rings. The maximum Gasteiger partial charge on any atom is 0.261 e. The Labute approximate surface area is 128 Å². The lowest BCUT2D eigenvalue weighted by molar-refractivity contribution is -0.0166. The highest BCUT2D eigenvalue weighted by molar-refractivity contribution is 8.00. The number of carbonyl (C=O) groups is 1. The zero-order valence-electron chi connectivity index (χ0n) is 11.9. The molecule has 5 rings (SSSR count). The van der Waals surface area contributed by atoms with Gasteiger partial charge >= 0.3 is 0 Å². The lowest BCUT2D eigenvalue weighted by atomic mass is 9.53. The van der Waals surface area contributed by atoms with Crippen LogP contribution in [-0.4, -0.2) is 17.7 Å². The van der Waals surface area contributed by atoms with Crippen molar-refractivity contribution in [3.05, 3.63) is 17.0 Å². The zero-order chi connectivity index (χ0) is 13.7. The Bertz CT molecular complexity index is 501. The molecular formula is C16H21NOS2. The van der Waals surface area contributed by atoms with E-state index in [9.17, 15) is 4.79 Å². The minimum absolute atomic E-state index is 0.134. The Balaban J connectivity index is 1.52. The van der Waals surface area contributed by atoms with Gasteiger partial charge in [-0.15, -0.1) is 23.1 Å². The highest BCUT2D eigenvalue weighted by Gasteiger charge is 2.51. The minimum atomic E-state index is 0.134.